The Balaban J connectivity index is 2.31. The molecule has 1 N–H and O–H groups in total. The monoisotopic (exact) mass is 250 g/mol. The minimum atomic E-state index is -0.351. The third-order valence-corrected chi connectivity index (χ3v) is 3.03. The lowest BCUT2D eigenvalue weighted by molar-refractivity contribution is -0.115. The van der Waals surface area contributed by atoms with Gasteiger partial charge in [0.15, 0.2) is 0 Å². The molecular formula is C12H14N2O2S. The first-order valence-corrected chi connectivity index (χ1v) is 6.08. The summed E-state index contributed by atoms with van der Waals surface area (Å²) in [7, 11) is 0. The van der Waals surface area contributed by atoms with E-state index in [-0.39, 0.29) is 18.5 Å². The molecule has 1 aliphatic rings. The summed E-state index contributed by atoms with van der Waals surface area (Å²) in [6.45, 7) is 2.05. The first kappa shape index (κ1) is 12.0. The Morgan fingerprint density at radius 1 is 1.41 bits per heavy atom. The molecule has 3 amide bonds. The third-order valence-electron chi connectivity index (χ3n) is 2.81. The fraction of sp³-hybridized carbons (Fsp3) is 0.333. The van der Waals surface area contributed by atoms with Crippen LogP contribution in [0.3, 0.4) is 0 Å². The van der Waals surface area contributed by atoms with E-state index in [2.05, 4.69) is 17.9 Å². The van der Waals surface area contributed by atoms with Crippen molar-refractivity contribution in [2.24, 2.45) is 0 Å². The molecule has 0 aliphatic carbocycles. The van der Waals surface area contributed by atoms with Crippen LogP contribution < -0.4 is 10.2 Å². The highest BCUT2D eigenvalue weighted by Crippen LogP contribution is 2.21. The number of anilines is 1. The zero-order valence-electron chi connectivity index (χ0n) is 9.56. The predicted octanol–water partition coefficient (Wildman–Crippen LogP) is 1.52. The largest absolute Gasteiger partial charge is 0.329 e. The quantitative estimate of drug-likeness (QED) is 0.631. The maximum atomic E-state index is 11.5. The molecule has 1 heterocycles. The molecule has 2 rings (SSSR count). The van der Waals surface area contributed by atoms with Gasteiger partial charge >= 0.3 is 6.03 Å². The zero-order chi connectivity index (χ0) is 12.4. The standard InChI is InChI=1S/C12H14N2O2S/c1-8-6-10(3-2-9(8)4-5-17)14-11(15)7-13-12(14)16/h2-3,6,17H,4-5,7H2,1H3,(H,13,16). The smallest absolute Gasteiger partial charge is 0.328 e. The Labute approximate surface area is 105 Å². The van der Waals surface area contributed by atoms with E-state index >= 15 is 0 Å². The molecule has 0 atom stereocenters. The Morgan fingerprint density at radius 2 is 2.18 bits per heavy atom. The van der Waals surface area contributed by atoms with Crippen LogP contribution in [0.5, 0.6) is 0 Å². The number of benzene rings is 1. The number of urea groups is 1. The molecule has 1 saturated heterocycles. The summed E-state index contributed by atoms with van der Waals surface area (Å²) in [5.74, 6) is 0.569. The van der Waals surface area contributed by atoms with Crippen molar-refractivity contribution < 1.29 is 9.59 Å². The van der Waals surface area contributed by atoms with Gasteiger partial charge in [0.05, 0.1) is 12.2 Å². The van der Waals surface area contributed by atoms with E-state index in [1.165, 1.54) is 10.5 Å². The van der Waals surface area contributed by atoms with Crippen molar-refractivity contribution >= 4 is 30.3 Å². The molecule has 0 bridgehead atoms. The van der Waals surface area contributed by atoms with Crippen molar-refractivity contribution in [1.82, 2.24) is 5.32 Å². The van der Waals surface area contributed by atoms with Gasteiger partial charge in [-0.1, -0.05) is 6.07 Å². The Bertz CT molecular complexity index is 458. The van der Waals surface area contributed by atoms with Crippen LogP contribution in [0.25, 0.3) is 0 Å². The number of amides is 3. The van der Waals surface area contributed by atoms with Gasteiger partial charge in [-0.25, -0.2) is 9.69 Å². The molecule has 0 saturated carbocycles. The zero-order valence-corrected chi connectivity index (χ0v) is 10.5. The van der Waals surface area contributed by atoms with Crippen LogP contribution in [0.1, 0.15) is 11.1 Å². The van der Waals surface area contributed by atoms with E-state index in [1.54, 1.807) is 6.07 Å². The molecule has 1 aromatic rings. The van der Waals surface area contributed by atoms with Gasteiger partial charge in [0.25, 0.3) is 5.91 Å². The van der Waals surface area contributed by atoms with Gasteiger partial charge in [-0.05, 0) is 42.4 Å². The SMILES string of the molecule is Cc1cc(N2C(=O)CNC2=O)ccc1CCS. The summed E-state index contributed by atoms with van der Waals surface area (Å²) in [5.41, 5.74) is 2.89. The molecule has 0 aromatic heterocycles. The molecule has 90 valence electrons. The Morgan fingerprint density at radius 3 is 2.71 bits per heavy atom. The van der Waals surface area contributed by atoms with Crippen LogP contribution >= 0.6 is 12.6 Å². The van der Waals surface area contributed by atoms with E-state index in [1.807, 2.05) is 19.1 Å². The molecule has 0 spiro atoms. The first-order valence-electron chi connectivity index (χ1n) is 5.44. The molecule has 5 heteroatoms. The van der Waals surface area contributed by atoms with Crippen molar-refractivity contribution in [3.63, 3.8) is 0 Å². The summed E-state index contributed by atoms with van der Waals surface area (Å²) in [4.78, 5) is 24.2. The normalized spacial score (nSPS) is 15.3. The number of hydrogen-bond donors (Lipinski definition) is 2. The highest BCUT2D eigenvalue weighted by atomic mass is 32.1. The van der Waals surface area contributed by atoms with Crippen LogP contribution in [-0.4, -0.2) is 24.2 Å². The molecule has 1 aromatic carbocycles. The summed E-state index contributed by atoms with van der Waals surface area (Å²) in [6.07, 6.45) is 0.884. The number of carbonyl (C=O) groups excluding carboxylic acids is 2. The lowest BCUT2D eigenvalue weighted by Crippen LogP contribution is -2.30. The van der Waals surface area contributed by atoms with Crippen molar-refractivity contribution in [1.29, 1.82) is 0 Å². The van der Waals surface area contributed by atoms with Gasteiger partial charge < -0.3 is 5.32 Å². The van der Waals surface area contributed by atoms with Crippen LogP contribution in [0.15, 0.2) is 18.2 Å². The highest BCUT2D eigenvalue weighted by molar-refractivity contribution is 7.80. The van der Waals surface area contributed by atoms with Crippen molar-refractivity contribution in [3.8, 4) is 0 Å². The summed E-state index contributed by atoms with van der Waals surface area (Å²) < 4.78 is 0. The lowest BCUT2D eigenvalue weighted by atomic mass is 10.1. The molecule has 4 nitrogen and oxygen atoms in total. The number of thiol groups is 1. The third kappa shape index (κ3) is 2.29. The van der Waals surface area contributed by atoms with Gasteiger partial charge in [0, 0.05) is 0 Å². The van der Waals surface area contributed by atoms with Gasteiger partial charge in [-0.15, -0.1) is 0 Å². The molecule has 17 heavy (non-hydrogen) atoms. The van der Waals surface area contributed by atoms with Crippen LogP contribution in [0.4, 0.5) is 10.5 Å². The second-order valence-electron chi connectivity index (χ2n) is 3.97. The minimum Gasteiger partial charge on any atom is -0.328 e. The number of aryl methyl sites for hydroxylation is 2. The van der Waals surface area contributed by atoms with Crippen LogP contribution in [0.2, 0.25) is 0 Å². The van der Waals surface area contributed by atoms with E-state index in [0.717, 1.165) is 17.7 Å². The van der Waals surface area contributed by atoms with Gasteiger partial charge in [-0.2, -0.15) is 12.6 Å². The number of imide groups is 1. The minimum absolute atomic E-state index is 0.0796. The maximum Gasteiger partial charge on any atom is 0.329 e. The number of nitrogens with one attached hydrogen (secondary N) is 1. The van der Waals surface area contributed by atoms with E-state index < -0.39 is 0 Å². The Hall–Kier alpha value is -1.49. The summed E-state index contributed by atoms with van der Waals surface area (Å²) in [6, 6.07) is 5.26. The van der Waals surface area contributed by atoms with Crippen LogP contribution in [0, 0.1) is 6.92 Å². The number of rotatable bonds is 3. The molecule has 0 unspecified atom stereocenters. The molecule has 0 radical (unpaired) electrons. The molecular weight excluding hydrogens is 236 g/mol. The van der Waals surface area contributed by atoms with Crippen LogP contribution in [-0.2, 0) is 11.2 Å². The van der Waals surface area contributed by atoms with Gasteiger partial charge in [0.1, 0.15) is 0 Å². The highest BCUT2D eigenvalue weighted by Gasteiger charge is 2.29. The van der Waals surface area contributed by atoms with Gasteiger partial charge in [0.2, 0.25) is 0 Å². The Kier molecular flexibility index (Phi) is 3.38. The van der Waals surface area contributed by atoms with E-state index in [4.69, 9.17) is 0 Å². The van der Waals surface area contributed by atoms with Gasteiger partial charge in [-0.3, -0.25) is 4.79 Å². The van der Waals surface area contributed by atoms with E-state index in [0.29, 0.717) is 5.69 Å². The maximum absolute atomic E-state index is 11.5. The van der Waals surface area contributed by atoms with E-state index in [9.17, 15) is 9.59 Å². The molecule has 1 fully saturated rings. The summed E-state index contributed by atoms with van der Waals surface area (Å²) in [5, 5.41) is 2.50. The second kappa shape index (κ2) is 4.79. The number of nitrogens with zero attached hydrogens (tertiary/aromatic N) is 1. The lowest BCUT2D eigenvalue weighted by Gasteiger charge is -2.14. The first-order chi connectivity index (χ1) is 8.13. The van der Waals surface area contributed by atoms with Crippen molar-refractivity contribution in [3.05, 3.63) is 29.3 Å². The van der Waals surface area contributed by atoms with Crippen molar-refractivity contribution in [2.75, 3.05) is 17.2 Å². The topological polar surface area (TPSA) is 49.4 Å². The summed E-state index contributed by atoms with van der Waals surface area (Å²) >= 11 is 4.19. The average Bonchev–Trinajstić information content (AvgIpc) is 2.62. The fourth-order valence-corrected chi connectivity index (χ4v) is 2.14. The van der Waals surface area contributed by atoms with Crippen molar-refractivity contribution in [2.45, 2.75) is 13.3 Å². The predicted molar refractivity (Wildman–Crippen MR) is 69.6 cm³/mol. The number of carbonyl (C=O) groups is 2. The fourth-order valence-electron chi connectivity index (χ4n) is 1.90. The number of hydrogen-bond acceptors (Lipinski definition) is 3. The second-order valence-corrected chi connectivity index (χ2v) is 4.42. The average molecular weight is 250 g/mol. The molecule has 1 aliphatic heterocycles.